The van der Waals surface area contributed by atoms with Crippen LogP contribution in [0, 0.1) is 5.82 Å². The highest BCUT2D eigenvalue weighted by Crippen LogP contribution is 2.36. The normalized spacial score (nSPS) is 10.6. The molecule has 0 aliphatic heterocycles. The molecule has 0 radical (unpaired) electrons. The first-order valence-electron chi connectivity index (χ1n) is 6.20. The monoisotopic (exact) mass is 285 g/mol. The summed E-state index contributed by atoms with van der Waals surface area (Å²) in [4.78, 5) is 4.04. The van der Waals surface area contributed by atoms with Gasteiger partial charge in [0.2, 0.25) is 5.88 Å². The topological polar surface area (TPSA) is 74.2 Å². The fourth-order valence-electron chi connectivity index (χ4n) is 2.10. The average Bonchev–Trinajstić information content (AvgIpc) is 2.90. The van der Waals surface area contributed by atoms with E-state index in [1.807, 2.05) is 6.07 Å². The zero-order valence-corrected chi connectivity index (χ0v) is 11.2. The van der Waals surface area contributed by atoms with Crippen molar-refractivity contribution in [3.63, 3.8) is 0 Å². The number of rotatable bonds is 3. The molecule has 2 N–H and O–H groups in total. The fraction of sp³-hybridized carbons (Fsp3) is 0.0667. The molecule has 2 aromatic heterocycles. The van der Waals surface area contributed by atoms with Gasteiger partial charge in [0.25, 0.3) is 0 Å². The van der Waals surface area contributed by atoms with Crippen LogP contribution in [-0.4, -0.2) is 17.3 Å². The van der Waals surface area contributed by atoms with E-state index in [0.29, 0.717) is 16.8 Å². The number of hydrogen-bond acceptors (Lipinski definition) is 5. The zero-order chi connectivity index (χ0) is 14.8. The van der Waals surface area contributed by atoms with E-state index in [-0.39, 0.29) is 11.6 Å². The Morgan fingerprint density at radius 1 is 1.24 bits per heavy atom. The van der Waals surface area contributed by atoms with E-state index in [1.165, 1.54) is 19.2 Å². The molecule has 0 saturated carbocycles. The molecule has 3 rings (SSSR count). The molecule has 1 aromatic carbocycles. The van der Waals surface area contributed by atoms with Gasteiger partial charge < -0.3 is 15.0 Å². The van der Waals surface area contributed by atoms with Crippen LogP contribution in [0.15, 0.2) is 47.2 Å². The second-order valence-electron chi connectivity index (χ2n) is 4.36. The first-order chi connectivity index (χ1) is 10.2. The Balaban J connectivity index is 2.14. The van der Waals surface area contributed by atoms with Crippen LogP contribution in [0.4, 0.5) is 10.3 Å². The number of ether oxygens (including phenoxy) is 1. The Bertz CT molecular complexity index is 772. The number of halogens is 1. The van der Waals surface area contributed by atoms with Crippen LogP contribution in [0.25, 0.3) is 22.4 Å². The number of nitrogen functional groups attached to an aromatic ring is 1. The maximum atomic E-state index is 13.9. The Labute approximate surface area is 120 Å². The molecule has 0 fully saturated rings. The van der Waals surface area contributed by atoms with Gasteiger partial charge in [-0.15, -0.1) is 0 Å². The van der Waals surface area contributed by atoms with Gasteiger partial charge in [0.05, 0.1) is 12.7 Å². The Morgan fingerprint density at radius 3 is 2.76 bits per heavy atom. The lowest BCUT2D eigenvalue weighted by Gasteiger charge is -2.05. The third-order valence-electron chi connectivity index (χ3n) is 3.09. The third-order valence-corrected chi connectivity index (χ3v) is 3.09. The molecule has 0 atom stereocenters. The van der Waals surface area contributed by atoms with Gasteiger partial charge in [-0.25, -0.2) is 4.39 Å². The zero-order valence-electron chi connectivity index (χ0n) is 11.2. The molecule has 0 aliphatic carbocycles. The van der Waals surface area contributed by atoms with Crippen LogP contribution in [0.2, 0.25) is 0 Å². The number of aromatic nitrogens is 2. The van der Waals surface area contributed by atoms with Crippen molar-refractivity contribution in [2.45, 2.75) is 0 Å². The maximum absolute atomic E-state index is 13.9. The first kappa shape index (κ1) is 13.1. The molecule has 0 amide bonds. The molecule has 3 aromatic rings. The highest BCUT2D eigenvalue weighted by Gasteiger charge is 2.18. The van der Waals surface area contributed by atoms with Crippen molar-refractivity contribution in [2.75, 3.05) is 12.8 Å². The number of anilines is 1. The van der Waals surface area contributed by atoms with Crippen LogP contribution in [0.3, 0.4) is 0 Å². The van der Waals surface area contributed by atoms with Crippen LogP contribution in [-0.2, 0) is 0 Å². The lowest BCUT2D eigenvalue weighted by molar-refractivity contribution is 0.386. The third kappa shape index (κ3) is 2.31. The van der Waals surface area contributed by atoms with Gasteiger partial charge in [0, 0.05) is 23.5 Å². The van der Waals surface area contributed by atoms with Gasteiger partial charge in [-0.05, 0) is 24.3 Å². The minimum atomic E-state index is -0.478. The van der Waals surface area contributed by atoms with Gasteiger partial charge in [-0.1, -0.05) is 11.2 Å². The number of hydrogen-bond donors (Lipinski definition) is 1. The van der Waals surface area contributed by atoms with E-state index in [2.05, 4.69) is 10.1 Å². The highest BCUT2D eigenvalue weighted by molar-refractivity contribution is 5.86. The predicted octanol–water partition coefficient (Wildman–Crippen LogP) is 3.13. The minimum absolute atomic E-state index is 0.161. The number of nitrogens with zero attached hydrogens (tertiary/aromatic N) is 2. The molecule has 21 heavy (non-hydrogen) atoms. The molecule has 0 saturated heterocycles. The summed E-state index contributed by atoms with van der Waals surface area (Å²) in [5.74, 6) is -0.152. The van der Waals surface area contributed by atoms with Crippen molar-refractivity contribution in [3.8, 4) is 28.1 Å². The van der Waals surface area contributed by atoms with E-state index in [1.54, 1.807) is 24.5 Å². The van der Waals surface area contributed by atoms with E-state index >= 15 is 0 Å². The molecule has 0 unspecified atom stereocenters. The van der Waals surface area contributed by atoms with Crippen LogP contribution in [0.1, 0.15) is 0 Å². The van der Waals surface area contributed by atoms with Crippen molar-refractivity contribution in [3.05, 3.63) is 48.5 Å². The van der Waals surface area contributed by atoms with Crippen LogP contribution >= 0.6 is 0 Å². The Morgan fingerprint density at radius 2 is 2.10 bits per heavy atom. The van der Waals surface area contributed by atoms with E-state index < -0.39 is 5.82 Å². The van der Waals surface area contributed by atoms with Gasteiger partial charge in [-0.3, -0.25) is 4.98 Å². The van der Waals surface area contributed by atoms with E-state index in [0.717, 1.165) is 5.56 Å². The first-order valence-corrected chi connectivity index (χ1v) is 6.20. The van der Waals surface area contributed by atoms with Crippen molar-refractivity contribution in [1.29, 1.82) is 0 Å². The van der Waals surface area contributed by atoms with E-state index in [9.17, 15) is 4.39 Å². The minimum Gasteiger partial charge on any atom is -0.494 e. The second-order valence-corrected chi connectivity index (χ2v) is 4.36. The maximum Gasteiger partial charge on any atom is 0.230 e. The fourth-order valence-corrected chi connectivity index (χ4v) is 2.10. The summed E-state index contributed by atoms with van der Waals surface area (Å²) < 4.78 is 23.8. The van der Waals surface area contributed by atoms with Crippen molar-refractivity contribution < 1.29 is 13.7 Å². The highest BCUT2D eigenvalue weighted by atomic mass is 19.1. The smallest absolute Gasteiger partial charge is 0.230 e. The lowest BCUT2D eigenvalue weighted by atomic mass is 10.0. The van der Waals surface area contributed by atoms with Crippen molar-refractivity contribution >= 4 is 5.88 Å². The lowest BCUT2D eigenvalue weighted by Crippen LogP contribution is -1.91. The largest absolute Gasteiger partial charge is 0.494 e. The number of benzene rings is 1. The molecule has 2 heterocycles. The summed E-state index contributed by atoms with van der Waals surface area (Å²) in [6.45, 7) is 0. The van der Waals surface area contributed by atoms with Gasteiger partial charge >= 0.3 is 0 Å². The van der Waals surface area contributed by atoms with Crippen LogP contribution in [0.5, 0.6) is 5.75 Å². The van der Waals surface area contributed by atoms with Crippen molar-refractivity contribution in [2.24, 2.45) is 0 Å². The van der Waals surface area contributed by atoms with Gasteiger partial charge in [0.15, 0.2) is 11.6 Å². The summed E-state index contributed by atoms with van der Waals surface area (Å²) in [5, 5.41) is 3.92. The molecule has 106 valence electrons. The molecule has 0 spiro atoms. The molecular formula is C15H12FN3O2. The average molecular weight is 285 g/mol. The number of pyridine rings is 1. The molecular weight excluding hydrogens is 273 g/mol. The summed E-state index contributed by atoms with van der Waals surface area (Å²) >= 11 is 0. The number of nitrogens with two attached hydrogens (primary N) is 1. The van der Waals surface area contributed by atoms with Gasteiger partial charge in [-0.2, -0.15) is 0 Å². The number of methoxy groups -OCH3 is 1. The SMILES string of the molecule is COc1ccc(-c2noc(N)c2-c2cccnc2)cc1F. The molecule has 5 nitrogen and oxygen atoms in total. The summed E-state index contributed by atoms with van der Waals surface area (Å²) in [5.41, 5.74) is 8.18. The summed E-state index contributed by atoms with van der Waals surface area (Å²) in [6.07, 6.45) is 3.30. The summed E-state index contributed by atoms with van der Waals surface area (Å²) in [6, 6.07) is 8.16. The predicted molar refractivity (Wildman–Crippen MR) is 76.1 cm³/mol. The second kappa shape index (κ2) is 5.24. The Kier molecular flexibility index (Phi) is 3.27. The summed E-state index contributed by atoms with van der Waals surface area (Å²) in [7, 11) is 1.41. The van der Waals surface area contributed by atoms with E-state index in [4.69, 9.17) is 15.0 Å². The molecule has 0 aliphatic rings. The van der Waals surface area contributed by atoms with Gasteiger partial charge in [0.1, 0.15) is 5.69 Å². The van der Waals surface area contributed by atoms with Crippen molar-refractivity contribution in [1.82, 2.24) is 10.1 Å². The molecule has 6 heteroatoms. The molecule has 0 bridgehead atoms. The Hall–Kier alpha value is -2.89. The van der Waals surface area contributed by atoms with Crippen LogP contribution < -0.4 is 10.5 Å². The standard InChI is InChI=1S/C15H12FN3O2/c1-20-12-5-4-9(7-11(12)16)14-13(15(17)21-19-14)10-3-2-6-18-8-10/h2-8H,17H2,1H3. The quantitative estimate of drug-likeness (QED) is 0.800.